The number of nitro benzene ring substituents is 1. The molecule has 0 radical (unpaired) electrons. The van der Waals surface area contributed by atoms with Gasteiger partial charge in [-0.3, -0.25) is 10.1 Å². The molecule has 17 heavy (non-hydrogen) atoms. The fourth-order valence-electron chi connectivity index (χ4n) is 1.21. The molecule has 0 aliphatic carbocycles. The molecule has 1 aromatic rings. The van der Waals surface area contributed by atoms with Crippen LogP contribution in [0.5, 0.6) is 0 Å². The Hall–Kier alpha value is -2.39. The minimum Gasteiger partial charge on any atom is -0.478 e. The number of aromatic carboxylic acids is 1. The molecule has 0 heterocycles. The summed E-state index contributed by atoms with van der Waals surface area (Å²) in [4.78, 5) is 20.9. The lowest BCUT2D eigenvalue weighted by molar-refractivity contribution is -0.385. The highest BCUT2D eigenvalue weighted by molar-refractivity contribution is 5.92. The molecule has 0 fully saturated rings. The zero-order chi connectivity index (χ0) is 12.8. The van der Waals surface area contributed by atoms with Gasteiger partial charge in [0, 0.05) is 12.5 Å². The average molecular weight is 235 g/mol. The number of nitro groups is 1. The maximum Gasteiger partial charge on any atom is 0.337 e. The first-order valence-corrected chi connectivity index (χ1v) is 4.68. The molecule has 0 saturated carbocycles. The van der Waals surface area contributed by atoms with E-state index in [9.17, 15) is 14.9 Å². The van der Waals surface area contributed by atoms with Crippen molar-refractivity contribution in [3.8, 4) is 11.8 Å². The number of nitrogens with zero attached hydrogens (tertiary/aromatic N) is 1. The summed E-state index contributed by atoms with van der Waals surface area (Å²) < 4.78 is 0. The van der Waals surface area contributed by atoms with Crippen molar-refractivity contribution in [1.29, 1.82) is 0 Å². The maximum absolute atomic E-state index is 10.9. The van der Waals surface area contributed by atoms with Gasteiger partial charge in [0.05, 0.1) is 17.1 Å². The smallest absolute Gasteiger partial charge is 0.337 e. The van der Waals surface area contributed by atoms with Crippen molar-refractivity contribution in [2.45, 2.75) is 6.42 Å². The highest BCUT2D eigenvalue weighted by atomic mass is 16.6. The minimum atomic E-state index is -1.28. The fourth-order valence-corrected chi connectivity index (χ4v) is 1.21. The van der Waals surface area contributed by atoms with Gasteiger partial charge < -0.3 is 10.2 Å². The molecule has 1 aromatic carbocycles. The maximum atomic E-state index is 10.9. The normalized spacial score (nSPS) is 9.24. The molecule has 88 valence electrons. The Balaban J connectivity index is 3.35. The van der Waals surface area contributed by atoms with Gasteiger partial charge in [-0.1, -0.05) is 17.9 Å². The molecule has 2 N–H and O–H groups in total. The average Bonchev–Trinajstić information content (AvgIpc) is 2.28. The standard InChI is InChI=1S/C11H9NO5/c13-7-2-1-4-8-9(11(14)15)5-3-6-10(8)12(16)17/h3,5-6,13H,2,7H2,(H,14,15). The Morgan fingerprint density at radius 1 is 1.47 bits per heavy atom. The van der Waals surface area contributed by atoms with E-state index in [1.54, 1.807) is 0 Å². The van der Waals surface area contributed by atoms with Crippen molar-refractivity contribution in [3.05, 3.63) is 39.4 Å². The predicted molar refractivity (Wildman–Crippen MR) is 58.6 cm³/mol. The first kappa shape index (κ1) is 12.7. The van der Waals surface area contributed by atoms with Crippen LogP contribution in [0.25, 0.3) is 0 Å². The molecule has 6 heteroatoms. The third kappa shape index (κ3) is 3.03. The molecular weight excluding hydrogens is 226 g/mol. The van der Waals surface area contributed by atoms with Gasteiger partial charge >= 0.3 is 5.97 Å². The zero-order valence-corrected chi connectivity index (χ0v) is 8.71. The van der Waals surface area contributed by atoms with Crippen molar-refractivity contribution >= 4 is 11.7 Å². The van der Waals surface area contributed by atoms with E-state index >= 15 is 0 Å². The van der Waals surface area contributed by atoms with Crippen LogP contribution in [-0.2, 0) is 0 Å². The molecule has 0 saturated heterocycles. The van der Waals surface area contributed by atoms with Gasteiger partial charge in [0.1, 0.15) is 5.56 Å². The van der Waals surface area contributed by atoms with Crippen molar-refractivity contribution in [1.82, 2.24) is 0 Å². The van der Waals surface area contributed by atoms with Crippen LogP contribution in [0.15, 0.2) is 18.2 Å². The van der Waals surface area contributed by atoms with Crippen LogP contribution in [0.3, 0.4) is 0 Å². The number of carboxylic acids is 1. The predicted octanol–water partition coefficient (Wildman–Crippen LogP) is 1.03. The zero-order valence-electron chi connectivity index (χ0n) is 8.71. The van der Waals surface area contributed by atoms with E-state index in [4.69, 9.17) is 10.2 Å². The van der Waals surface area contributed by atoms with Crippen LogP contribution >= 0.6 is 0 Å². The Labute approximate surface area is 96.7 Å². The number of benzene rings is 1. The summed E-state index contributed by atoms with van der Waals surface area (Å²) in [5.74, 6) is 3.61. The summed E-state index contributed by atoms with van der Waals surface area (Å²) in [6.07, 6.45) is 0.130. The fraction of sp³-hybridized carbons (Fsp3) is 0.182. The monoisotopic (exact) mass is 235 g/mol. The first-order valence-electron chi connectivity index (χ1n) is 4.68. The van der Waals surface area contributed by atoms with Crippen molar-refractivity contribution in [2.24, 2.45) is 0 Å². The Morgan fingerprint density at radius 3 is 2.71 bits per heavy atom. The highest BCUT2D eigenvalue weighted by Crippen LogP contribution is 2.21. The van der Waals surface area contributed by atoms with Gasteiger partial charge in [0.25, 0.3) is 5.69 Å². The summed E-state index contributed by atoms with van der Waals surface area (Å²) >= 11 is 0. The van der Waals surface area contributed by atoms with E-state index in [1.807, 2.05) is 0 Å². The topological polar surface area (TPSA) is 101 Å². The Morgan fingerprint density at radius 2 is 2.18 bits per heavy atom. The van der Waals surface area contributed by atoms with Crippen molar-refractivity contribution in [3.63, 3.8) is 0 Å². The Bertz CT molecular complexity index is 480. The summed E-state index contributed by atoms with van der Waals surface area (Å²) in [6, 6.07) is 3.73. The van der Waals surface area contributed by atoms with Gasteiger partial charge in [0.2, 0.25) is 0 Å². The van der Waals surface area contributed by atoms with Crippen LogP contribution < -0.4 is 0 Å². The number of rotatable bonds is 3. The van der Waals surface area contributed by atoms with Crippen LogP contribution in [0.4, 0.5) is 5.69 Å². The SMILES string of the molecule is O=C(O)c1cccc([N+](=O)[O-])c1C#CCCO. The van der Waals surface area contributed by atoms with Crippen molar-refractivity contribution < 1.29 is 19.9 Å². The summed E-state index contributed by atoms with van der Waals surface area (Å²) in [5, 5.41) is 28.2. The van der Waals surface area contributed by atoms with Crippen LogP contribution in [0.2, 0.25) is 0 Å². The Kier molecular flexibility index (Phi) is 4.20. The number of carboxylic acid groups (broad SMARTS) is 1. The van der Waals surface area contributed by atoms with E-state index in [0.717, 1.165) is 0 Å². The summed E-state index contributed by atoms with van der Waals surface area (Å²) in [7, 11) is 0. The third-order valence-electron chi connectivity index (χ3n) is 1.92. The van der Waals surface area contributed by atoms with Crippen LogP contribution in [0, 0.1) is 22.0 Å². The third-order valence-corrected chi connectivity index (χ3v) is 1.92. The van der Waals surface area contributed by atoms with E-state index < -0.39 is 10.9 Å². The second kappa shape index (κ2) is 5.63. The number of aliphatic hydroxyl groups is 1. The number of hydrogen-bond acceptors (Lipinski definition) is 4. The van der Waals surface area contributed by atoms with Crippen molar-refractivity contribution in [2.75, 3.05) is 6.61 Å². The molecule has 6 nitrogen and oxygen atoms in total. The first-order chi connectivity index (χ1) is 8.07. The van der Waals surface area contributed by atoms with Crippen LogP contribution in [0.1, 0.15) is 22.3 Å². The molecule has 0 bridgehead atoms. The summed E-state index contributed by atoms with van der Waals surface area (Å²) in [6.45, 7) is -0.184. The van der Waals surface area contributed by atoms with E-state index in [0.29, 0.717) is 0 Å². The molecule has 0 atom stereocenters. The van der Waals surface area contributed by atoms with Gasteiger partial charge in [-0.2, -0.15) is 0 Å². The molecule has 0 unspecified atom stereocenters. The lowest BCUT2D eigenvalue weighted by atomic mass is 10.1. The highest BCUT2D eigenvalue weighted by Gasteiger charge is 2.19. The molecular formula is C11H9NO5. The molecule has 0 spiro atoms. The van der Waals surface area contributed by atoms with Gasteiger partial charge in [0.15, 0.2) is 0 Å². The van der Waals surface area contributed by atoms with E-state index in [-0.39, 0.29) is 29.8 Å². The number of aliphatic hydroxyl groups excluding tert-OH is 1. The van der Waals surface area contributed by atoms with Gasteiger partial charge in [-0.15, -0.1) is 0 Å². The quantitative estimate of drug-likeness (QED) is 0.463. The number of hydrogen-bond donors (Lipinski definition) is 2. The lowest BCUT2D eigenvalue weighted by Crippen LogP contribution is -2.03. The molecule has 0 amide bonds. The van der Waals surface area contributed by atoms with Gasteiger partial charge in [-0.05, 0) is 6.07 Å². The second-order valence-electron chi connectivity index (χ2n) is 3.04. The lowest BCUT2D eigenvalue weighted by Gasteiger charge is -2.00. The minimum absolute atomic E-state index is 0.130. The number of carbonyl (C=O) groups is 1. The largest absolute Gasteiger partial charge is 0.478 e. The second-order valence-corrected chi connectivity index (χ2v) is 3.04. The van der Waals surface area contributed by atoms with E-state index in [2.05, 4.69) is 11.8 Å². The van der Waals surface area contributed by atoms with E-state index in [1.165, 1.54) is 18.2 Å². The molecule has 0 aliphatic rings. The van der Waals surface area contributed by atoms with Crippen LogP contribution in [-0.4, -0.2) is 27.7 Å². The summed E-state index contributed by atoms with van der Waals surface area (Å²) in [5.41, 5.74) is -0.710. The molecule has 0 aromatic heterocycles. The molecule has 0 aliphatic heterocycles. The van der Waals surface area contributed by atoms with Gasteiger partial charge in [-0.25, -0.2) is 4.79 Å². The molecule has 1 rings (SSSR count).